The van der Waals surface area contributed by atoms with Gasteiger partial charge in [0.1, 0.15) is 0 Å². The van der Waals surface area contributed by atoms with Gasteiger partial charge >= 0.3 is 12.1 Å². The average molecular weight is 370 g/mol. The van der Waals surface area contributed by atoms with Crippen LogP contribution < -0.4 is 10.2 Å². The molecule has 3 heterocycles. The van der Waals surface area contributed by atoms with Crippen molar-refractivity contribution in [2.75, 3.05) is 24.5 Å². The highest BCUT2D eigenvalue weighted by atomic mass is 16.4. The van der Waals surface area contributed by atoms with Crippen LogP contribution in [0.15, 0.2) is 24.4 Å². The van der Waals surface area contributed by atoms with Gasteiger partial charge in [0.05, 0.1) is 11.2 Å². The molecule has 2 aliphatic rings. The van der Waals surface area contributed by atoms with Crippen molar-refractivity contribution in [3.63, 3.8) is 0 Å². The van der Waals surface area contributed by atoms with Gasteiger partial charge in [0.15, 0.2) is 0 Å². The predicted molar refractivity (Wildman–Crippen MR) is 100.0 cm³/mol. The fourth-order valence-corrected chi connectivity index (χ4v) is 4.20. The second kappa shape index (κ2) is 6.61. The van der Waals surface area contributed by atoms with E-state index >= 15 is 0 Å². The summed E-state index contributed by atoms with van der Waals surface area (Å²) in [6, 6.07) is 5.48. The van der Waals surface area contributed by atoms with Crippen LogP contribution in [0.5, 0.6) is 0 Å². The first-order valence-electron chi connectivity index (χ1n) is 9.13. The lowest BCUT2D eigenvalue weighted by Gasteiger charge is -2.30. The molecule has 4 rings (SSSR count). The molecule has 0 unspecified atom stereocenters. The zero-order valence-corrected chi connectivity index (χ0v) is 15.1. The average Bonchev–Trinajstić information content (AvgIpc) is 2.99. The van der Waals surface area contributed by atoms with E-state index in [1.165, 1.54) is 10.5 Å². The number of urea groups is 1. The highest BCUT2D eigenvalue weighted by Crippen LogP contribution is 2.38. The quantitative estimate of drug-likeness (QED) is 0.849. The third kappa shape index (κ3) is 3.01. The molecule has 2 fully saturated rings. The molecule has 2 aromatic rings. The van der Waals surface area contributed by atoms with Gasteiger partial charge < -0.3 is 14.6 Å². The van der Waals surface area contributed by atoms with Crippen molar-refractivity contribution in [1.82, 2.24) is 14.8 Å². The first kappa shape index (κ1) is 17.4. The molecule has 0 spiro atoms. The first-order chi connectivity index (χ1) is 13.0. The molecule has 0 aliphatic carbocycles. The Labute approximate surface area is 156 Å². The molecule has 8 heteroatoms. The number of nitrogens with one attached hydrogen (secondary N) is 1. The predicted octanol–water partition coefficient (Wildman–Crippen LogP) is 2.48. The van der Waals surface area contributed by atoms with E-state index in [1.807, 2.05) is 29.8 Å². The summed E-state index contributed by atoms with van der Waals surface area (Å²) in [6.45, 7) is 1.43. The Morgan fingerprint density at radius 2 is 1.93 bits per heavy atom. The van der Waals surface area contributed by atoms with Crippen LogP contribution in [0.3, 0.4) is 0 Å². The lowest BCUT2D eigenvalue weighted by Crippen LogP contribution is -2.49. The molecule has 0 saturated carbocycles. The Morgan fingerprint density at radius 3 is 2.59 bits per heavy atom. The van der Waals surface area contributed by atoms with E-state index in [2.05, 4.69) is 11.5 Å². The number of carboxylic acid groups (broad SMARTS) is 1. The largest absolute Gasteiger partial charge is 0.465 e. The number of para-hydroxylation sites is 1. The number of aryl methyl sites for hydroxylation is 1. The number of piperidine rings is 1. The maximum Gasteiger partial charge on any atom is 0.407 e. The van der Waals surface area contributed by atoms with Crippen molar-refractivity contribution in [1.29, 1.82) is 0 Å². The topological polar surface area (TPSA) is 94.9 Å². The summed E-state index contributed by atoms with van der Waals surface area (Å²) in [6.07, 6.45) is 3.08. The van der Waals surface area contributed by atoms with Gasteiger partial charge in [-0.25, -0.2) is 9.59 Å². The number of carbonyl (C=O) groups is 3. The molecular weight excluding hydrogens is 348 g/mol. The van der Waals surface area contributed by atoms with Gasteiger partial charge in [0.25, 0.3) is 0 Å². The van der Waals surface area contributed by atoms with Gasteiger partial charge in [0.2, 0.25) is 5.91 Å². The summed E-state index contributed by atoms with van der Waals surface area (Å²) in [5.41, 5.74) is 2.93. The smallest absolute Gasteiger partial charge is 0.407 e. The molecule has 8 nitrogen and oxygen atoms in total. The van der Waals surface area contributed by atoms with Crippen molar-refractivity contribution in [3.05, 3.63) is 30.0 Å². The molecule has 142 valence electrons. The number of aromatic nitrogens is 1. The number of hydrogen-bond donors (Lipinski definition) is 2. The van der Waals surface area contributed by atoms with Crippen molar-refractivity contribution < 1.29 is 19.5 Å². The number of hydrogen-bond acceptors (Lipinski definition) is 3. The molecule has 27 heavy (non-hydrogen) atoms. The van der Waals surface area contributed by atoms with Crippen LogP contribution in [0.1, 0.15) is 30.7 Å². The van der Waals surface area contributed by atoms with Crippen LogP contribution in [0.25, 0.3) is 10.9 Å². The molecule has 0 bridgehead atoms. The molecule has 0 radical (unpaired) electrons. The van der Waals surface area contributed by atoms with Crippen LogP contribution in [0.4, 0.5) is 15.3 Å². The number of imide groups is 1. The number of likely N-dealkylation sites (tertiary alicyclic amines) is 1. The standard InChI is InChI=1S/C19H22N4O4/c1-21-11-14(12-5-8-22(9-6-12)19(26)27)13-3-2-4-15(17(13)21)23-10-7-16(24)20-18(23)25/h2-4,11-12H,5-10H2,1H3,(H,26,27)(H,20,24,25). The fourth-order valence-electron chi connectivity index (χ4n) is 4.20. The minimum atomic E-state index is -0.862. The van der Waals surface area contributed by atoms with Gasteiger partial charge in [-0.05, 0) is 30.4 Å². The van der Waals surface area contributed by atoms with E-state index in [1.54, 1.807) is 4.90 Å². The van der Waals surface area contributed by atoms with Crippen molar-refractivity contribution in [3.8, 4) is 0 Å². The zero-order valence-electron chi connectivity index (χ0n) is 15.1. The van der Waals surface area contributed by atoms with Gasteiger partial charge in [0, 0.05) is 44.7 Å². The maximum absolute atomic E-state index is 12.3. The molecule has 2 N–H and O–H groups in total. The minimum Gasteiger partial charge on any atom is -0.465 e. The van der Waals surface area contributed by atoms with Crippen molar-refractivity contribution in [2.24, 2.45) is 7.05 Å². The van der Waals surface area contributed by atoms with Gasteiger partial charge in [-0.3, -0.25) is 15.0 Å². The third-order valence-electron chi connectivity index (χ3n) is 5.56. The summed E-state index contributed by atoms with van der Waals surface area (Å²) in [5.74, 6) is 0.0393. The lowest BCUT2D eigenvalue weighted by molar-refractivity contribution is -0.120. The van der Waals surface area contributed by atoms with E-state index in [0.29, 0.717) is 19.6 Å². The number of nitrogens with zero attached hydrogens (tertiary/aromatic N) is 3. The molecule has 2 aliphatic heterocycles. The van der Waals surface area contributed by atoms with Crippen molar-refractivity contribution >= 4 is 34.6 Å². The van der Waals surface area contributed by atoms with Crippen LogP contribution in [-0.4, -0.2) is 52.2 Å². The molecule has 0 atom stereocenters. The number of rotatable bonds is 2. The highest BCUT2D eigenvalue weighted by Gasteiger charge is 2.29. The molecule has 2 saturated heterocycles. The number of amides is 4. The van der Waals surface area contributed by atoms with E-state index < -0.39 is 12.1 Å². The van der Waals surface area contributed by atoms with E-state index in [0.717, 1.165) is 29.4 Å². The summed E-state index contributed by atoms with van der Waals surface area (Å²) in [5, 5.41) is 12.6. The zero-order chi connectivity index (χ0) is 19.1. The Hall–Kier alpha value is -3.03. The number of benzene rings is 1. The van der Waals surface area contributed by atoms with Crippen LogP contribution >= 0.6 is 0 Å². The SMILES string of the molecule is Cn1cc(C2CCN(C(=O)O)CC2)c2cccc(N3CCC(=O)NC3=O)c21. The second-order valence-corrected chi connectivity index (χ2v) is 7.17. The monoisotopic (exact) mass is 370 g/mol. The Bertz CT molecular complexity index is 927. The van der Waals surface area contributed by atoms with Crippen LogP contribution in [-0.2, 0) is 11.8 Å². The number of anilines is 1. The number of fused-ring (bicyclic) bond motifs is 1. The molecule has 1 aromatic carbocycles. The first-order valence-corrected chi connectivity index (χ1v) is 9.13. The van der Waals surface area contributed by atoms with Gasteiger partial charge in [-0.1, -0.05) is 12.1 Å². The maximum atomic E-state index is 12.3. The molecular formula is C19H22N4O4. The number of carbonyl (C=O) groups excluding carboxylic acids is 2. The van der Waals surface area contributed by atoms with E-state index in [-0.39, 0.29) is 18.2 Å². The Balaban J connectivity index is 1.69. The van der Waals surface area contributed by atoms with Crippen molar-refractivity contribution in [2.45, 2.75) is 25.2 Å². The Kier molecular flexibility index (Phi) is 4.25. The summed E-state index contributed by atoms with van der Waals surface area (Å²) >= 11 is 0. The summed E-state index contributed by atoms with van der Waals surface area (Å²) < 4.78 is 2.02. The van der Waals surface area contributed by atoms with Crippen LogP contribution in [0, 0.1) is 0 Å². The van der Waals surface area contributed by atoms with Crippen LogP contribution in [0.2, 0.25) is 0 Å². The summed E-state index contributed by atoms with van der Waals surface area (Å²) in [7, 11) is 1.95. The van der Waals surface area contributed by atoms with Gasteiger partial charge in [-0.15, -0.1) is 0 Å². The van der Waals surface area contributed by atoms with E-state index in [4.69, 9.17) is 5.11 Å². The van der Waals surface area contributed by atoms with E-state index in [9.17, 15) is 14.4 Å². The van der Waals surface area contributed by atoms with Gasteiger partial charge in [-0.2, -0.15) is 0 Å². The lowest BCUT2D eigenvalue weighted by atomic mass is 9.89. The minimum absolute atomic E-state index is 0.249. The molecule has 1 aromatic heterocycles. The Morgan fingerprint density at radius 1 is 1.19 bits per heavy atom. The summed E-state index contributed by atoms with van der Waals surface area (Å²) in [4.78, 5) is 38.0. The highest BCUT2D eigenvalue weighted by molar-refractivity contribution is 6.09. The normalized spacial score (nSPS) is 18.9. The second-order valence-electron chi connectivity index (χ2n) is 7.17. The third-order valence-corrected chi connectivity index (χ3v) is 5.56. The molecule has 4 amide bonds. The fraction of sp³-hybridized carbons (Fsp3) is 0.421.